The summed E-state index contributed by atoms with van der Waals surface area (Å²) in [6, 6.07) is 11.3. The van der Waals surface area contributed by atoms with Crippen LogP contribution in [0.2, 0.25) is 0 Å². The average molecular weight is 321 g/mol. The molecule has 19 heavy (non-hydrogen) atoms. The number of rotatable bonds is 2. The maximum absolute atomic E-state index is 13.2. The Bertz CT molecular complexity index is 624. The molecular weight excluding hydrogens is 307 g/mol. The zero-order chi connectivity index (χ0) is 13.4. The molecule has 0 radical (unpaired) electrons. The smallest absolute Gasteiger partial charge is 0.123 e. The van der Waals surface area contributed by atoms with Crippen molar-refractivity contribution in [2.24, 2.45) is 0 Å². The minimum Gasteiger partial charge on any atom is -0.372 e. The third kappa shape index (κ3) is 2.45. The second kappa shape index (κ2) is 5.06. The first kappa shape index (κ1) is 12.8. The van der Waals surface area contributed by atoms with Crippen molar-refractivity contribution in [3.8, 4) is 0 Å². The minimum atomic E-state index is -0.191. The van der Waals surface area contributed by atoms with Gasteiger partial charge in [0.1, 0.15) is 5.82 Å². The molecule has 1 heterocycles. The Hall–Kier alpha value is -1.19. The van der Waals surface area contributed by atoms with Crippen molar-refractivity contribution >= 4 is 15.9 Å². The lowest BCUT2D eigenvalue weighted by molar-refractivity contribution is 0.134. The monoisotopic (exact) mass is 320 g/mol. The highest BCUT2D eigenvalue weighted by Gasteiger charge is 2.17. The fourth-order valence-corrected chi connectivity index (χ4v) is 3.25. The van der Waals surface area contributed by atoms with Crippen molar-refractivity contribution in [2.75, 3.05) is 0 Å². The molecule has 0 fully saturated rings. The summed E-state index contributed by atoms with van der Waals surface area (Å²) in [6.45, 7) is 3.33. The first-order valence-electron chi connectivity index (χ1n) is 6.25. The van der Waals surface area contributed by atoms with Crippen LogP contribution >= 0.6 is 15.9 Å². The van der Waals surface area contributed by atoms with Crippen molar-refractivity contribution in [1.82, 2.24) is 0 Å². The molecule has 1 unspecified atom stereocenters. The molecule has 2 aromatic carbocycles. The van der Waals surface area contributed by atoms with E-state index in [9.17, 15) is 4.39 Å². The molecule has 1 aliphatic rings. The molecule has 1 atom stereocenters. The Morgan fingerprint density at radius 3 is 2.68 bits per heavy atom. The maximum Gasteiger partial charge on any atom is 0.123 e. The Labute approximate surface area is 120 Å². The van der Waals surface area contributed by atoms with Crippen LogP contribution in [0.5, 0.6) is 0 Å². The molecule has 0 bridgehead atoms. The zero-order valence-corrected chi connectivity index (χ0v) is 12.2. The Morgan fingerprint density at radius 1 is 1.11 bits per heavy atom. The number of ether oxygens (including phenoxy) is 1. The molecule has 0 aliphatic carbocycles. The summed E-state index contributed by atoms with van der Waals surface area (Å²) in [5, 5.41) is 0. The summed E-state index contributed by atoms with van der Waals surface area (Å²) in [4.78, 5) is 0.0824. The second-order valence-corrected chi connectivity index (χ2v) is 5.80. The highest BCUT2D eigenvalue weighted by atomic mass is 79.9. The number of alkyl halides is 1. The van der Waals surface area contributed by atoms with Crippen molar-refractivity contribution in [3.05, 3.63) is 70.0 Å². The number of benzene rings is 2. The van der Waals surface area contributed by atoms with Crippen molar-refractivity contribution in [2.45, 2.75) is 25.0 Å². The van der Waals surface area contributed by atoms with Crippen LogP contribution in [0, 0.1) is 12.7 Å². The Morgan fingerprint density at radius 2 is 1.89 bits per heavy atom. The summed E-state index contributed by atoms with van der Waals surface area (Å²) in [5.74, 6) is -0.191. The molecule has 0 amide bonds. The van der Waals surface area contributed by atoms with Crippen LogP contribution in [0.3, 0.4) is 0 Å². The summed E-state index contributed by atoms with van der Waals surface area (Å²) < 4.78 is 18.6. The molecule has 0 N–H and O–H groups in total. The molecule has 98 valence electrons. The number of aryl methyl sites for hydroxylation is 1. The average Bonchev–Trinajstić information content (AvgIpc) is 2.85. The van der Waals surface area contributed by atoms with Gasteiger partial charge >= 0.3 is 0 Å². The third-order valence-electron chi connectivity index (χ3n) is 3.54. The first-order valence-corrected chi connectivity index (χ1v) is 7.16. The van der Waals surface area contributed by atoms with Gasteiger partial charge in [-0.3, -0.25) is 0 Å². The van der Waals surface area contributed by atoms with Crippen LogP contribution in [0.4, 0.5) is 4.39 Å². The van der Waals surface area contributed by atoms with Crippen molar-refractivity contribution in [3.63, 3.8) is 0 Å². The summed E-state index contributed by atoms with van der Waals surface area (Å²) in [7, 11) is 0. The zero-order valence-electron chi connectivity index (χ0n) is 10.6. The molecule has 1 nitrogen and oxygen atoms in total. The van der Waals surface area contributed by atoms with Gasteiger partial charge in [-0.1, -0.05) is 40.2 Å². The molecule has 0 saturated heterocycles. The van der Waals surface area contributed by atoms with Crippen molar-refractivity contribution in [1.29, 1.82) is 0 Å². The van der Waals surface area contributed by atoms with E-state index in [1.54, 1.807) is 6.07 Å². The van der Waals surface area contributed by atoms with Gasteiger partial charge in [0, 0.05) is 0 Å². The van der Waals surface area contributed by atoms with Crippen LogP contribution in [0.15, 0.2) is 36.4 Å². The maximum atomic E-state index is 13.2. The van der Waals surface area contributed by atoms with Gasteiger partial charge in [-0.05, 0) is 46.9 Å². The lowest BCUT2D eigenvalue weighted by Crippen LogP contribution is -1.98. The van der Waals surface area contributed by atoms with E-state index in [0.717, 1.165) is 11.1 Å². The first-order chi connectivity index (χ1) is 9.15. The predicted molar refractivity (Wildman–Crippen MR) is 76.8 cm³/mol. The summed E-state index contributed by atoms with van der Waals surface area (Å²) in [5.41, 5.74) is 5.75. The van der Waals surface area contributed by atoms with Gasteiger partial charge in [-0.15, -0.1) is 0 Å². The molecular formula is C16H14BrFO. The van der Waals surface area contributed by atoms with Gasteiger partial charge < -0.3 is 4.74 Å². The fourth-order valence-electron chi connectivity index (χ4n) is 2.45. The second-order valence-electron chi connectivity index (χ2n) is 4.88. The minimum absolute atomic E-state index is 0.0824. The van der Waals surface area contributed by atoms with Crippen LogP contribution < -0.4 is 0 Å². The van der Waals surface area contributed by atoms with Crippen LogP contribution in [0.1, 0.15) is 32.6 Å². The molecule has 3 heteroatoms. The molecule has 2 aromatic rings. The largest absolute Gasteiger partial charge is 0.372 e. The van der Waals surface area contributed by atoms with Crippen LogP contribution in [-0.2, 0) is 18.0 Å². The molecule has 0 spiro atoms. The highest BCUT2D eigenvalue weighted by molar-refractivity contribution is 9.09. The highest BCUT2D eigenvalue weighted by Crippen LogP contribution is 2.35. The van der Waals surface area contributed by atoms with Crippen LogP contribution in [0.25, 0.3) is 0 Å². The van der Waals surface area contributed by atoms with E-state index in [2.05, 4.69) is 34.1 Å². The topological polar surface area (TPSA) is 9.23 Å². The van der Waals surface area contributed by atoms with Gasteiger partial charge in [0.2, 0.25) is 0 Å². The summed E-state index contributed by atoms with van der Waals surface area (Å²) in [6.07, 6.45) is 0. The standard InChI is InChI=1S/C16H14BrFO/c1-10-6-14(18)4-5-15(10)16(17)11-2-3-12-8-19-9-13(12)7-11/h2-7,16H,8-9H2,1H3. The third-order valence-corrected chi connectivity index (χ3v) is 4.56. The van der Waals surface area contributed by atoms with E-state index in [4.69, 9.17) is 4.74 Å². The number of fused-ring (bicyclic) bond motifs is 1. The van der Waals surface area contributed by atoms with Gasteiger partial charge in [-0.25, -0.2) is 4.39 Å². The predicted octanol–water partition coefficient (Wildman–Crippen LogP) is 4.65. The molecule has 3 rings (SSSR count). The van der Waals surface area contributed by atoms with Gasteiger partial charge in [0.25, 0.3) is 0 Å². The fraction of sp³-hybridized carbons (Fsp3) is 0.250. The van der Waals surface area contributed by atoms with E-state index >= 15 is 0 Å². The molecule has 0 saturated carbocycles. The SMILES string of the molecule is Cc1cc(F)ccc1C(Br)c1ccc2c(c1)COC2. The van der Waals surface area contributed by atoms with E-state index in [1.165, 1.54) is 22.8 Å². The normalized spacial score (nSPS) is 15.3. The van der Waals surface area contributed by atoms with E-state index in [0.29, 0.717) is 13.2 Å². The summed E-state index contributed by atoms with van der Waals surface area (Å²) >= 11 is 3.71. The van der Waals surface area contributed by atoms with E-state index < -0.39 is 0 Å². The van der Waals surface area contributed by atoms with E-state index in [1.807, 2.05) is 13.0 Å². The number of halogens is 2. The number of hydrogen-bond acceptors (Lipinski definition) is 1. The van der Waals surface area contributed by atoms with Gasteiger partial charge in [0.05, 0.1) is 18.0 Å². The van der Waals surface area contributed by atoms with Crippen LogP contribution in [-0.4, -0.2) is 0 Å². The Balaban J connectivity index is 1.97. The molecule has 1 aliphatic heterocycles. The lowest BCUT2D eigenvalue weighted by Gasteiger charge is -2.14. The van der Waals surface area contributed by atoms with Crippen molar-refractivity contribution < 1.29 is 9.13 Å². The Kier molecular flexibility index (Phi) is 3.42. The molecule has 0 aromatic heterocycles. The quantitative estimate of drug-likeness (QED) is 0.732. The van der Waals surface area contributed by atoms with Gasteiger partial charge in [-0.2, -0.15) is 0 Å². The lowest BCUT2D eigenvalue weighted by atomic mass is 9.97. The van der Waals surface area contributed by atoms with E-state index in [-0.39, 0.29) is 10.6 Å². The number of hydrogen-bond donors (Lipinski definition) is 0. The van der Waals surface area contributed by atoms with Gasteiger partial charge in [0.15, 0.2) is 0 Å².